The zero-order valence-electron chi connectivity index (χ0n) is 13.2. The smallest absolute Gasteiger partial charge is 0.417 e. The number of nitrogens with one attached hydrogen (secondary N) is 1. The van der Waals surface area contributed by atoms with Crippen molar-refractivity contribution in [2.24, 2.45) is 0 Å². The standard InChI is InChI=1S/C17H19F3N2O/c1-16(2,3)22-9-11-4-5-15(23)12(8-11)13-10-21-7-6-14(13)17(18,19)20/h4-8,10,22-23H,9H2,1-3H3. The van der Waals surface area contributed by atoms with Crippen molar-refractivity contribution in [3.8, 4) is 16.9 Å². The van der Waals surface area contributed by atoms with Crippen molar-refractivity contribution in [2.75, 3.05) is 0 Å². The predicted molar refractivity (Wildman–Crippen MR) is 82.9 cm³/mol. The average molecular weight is 324 g/mol. The van der Waals surface area contributed by atoms with Crippen molar-refractivity contribution in [2.45, 2.75) is 39.0 Å². The fourth-order valence-electron chi connectivity index (χ4n) is 2.13. The summed E-state index contributed by atoms with van der Waals surface area (Å²) in [5.41, 5.74) is -0.161. The number of aromatic hydroxyl groups is 1. The molecule has 0 aliphatic carbocycles. The summed E-state index contributed by atoms with van der Waals surface area (Å²) >= 11 is 0. The van der Waals surface area contributed by atoms with Crippen LogP contribution < -0.4 is 5.32 Å². The summed E-state index contributed by atoms with van der Waals surface area (Å²) in [6, 6.07) is 5.55. The van der Waals surface area contributed by atoms with Gasteiger partial charge in [-0.05, 0) is 44.5 Å². The Bertz CT molecular complexity index is 691. The second-order valence-electron chi connectivity index (χ2n) is 6.37. The van der Waals surface area contributed by atoms with Crippen LogP contribution in [0.15, 0.2) is 36.7 Å². The van der Waals surface area contributed by atoms with Gasteiger partial charge in [-0.3, -0.25) is 4.98 Å². The fourth-order valence-corrected chi connectivity index (χ4v) is 2.13. The minimum Gasteiger partial charge on any atom is -0.507 e. The molecule has 0 amide bonds. The van der Waals surface area contributed by atoms with Gasteiger partial charge in [0.05, 0.1) is 5.56 Å². The molecular formula is C17H19F3N2O. The molecule has 2 rings (SSSR count). The zero-order valence-corrected chi connectivity index (χ0v) is 13.2. The normalized spacial score (nSPS) is 12.4. The van der Waals surface area contributed by atoms with Gasteiger partial charge in [0.1, 0.15) is 5.75 Å². The molecule has 0 saturated carbocycles. The topological polar surface area (TPSA) is 45.1 Å². The van der Waals surface area contributed by atoms with Crippen LogP contribution in [-0.2, 0) is 12.7 Å². The lowest BCUT2D eigenvalue weighted by molar-refractivity contribution is -0.137. The lowest BCUT2D eigenvalue weighted by atomic mass is 9.98. The van der Waals surface area contributed by atoms with E-state index in [2.05, 4.69) is 10.3 Å². The van der Waals surface area contributed by atoms with Gasteiger partial charge in [-0.1, -0.05) is 6.07 Å². The van der Waals surface area contributed by atoms with E-state index in [0.717, 1.165) is 24.0 Å². The van der Waals surface area contributed by atoms with E-state index in [1.807, 2.05) is 20.8 Å². The third-order valence-corrected chi connectivity index (χ3v) is 3.30. The molecule has 2 N–H and O–H groups in total. The molecule has 0 bridgehead atoms. The third-order valence-electron chi connectivity index (χ3n) is 3.30. The second kappa shape index (κ2) is 6.20. The van der Waals surface area contributed by atoms with Crippen molar-refractivity contribution in [1.82, 2.24) is 10.3 Å². The Kier molecular flexibility index (Phi) is 4.66. The molecule has 0 aliphatic heterocycles. The first kappa shape index (κ1) is 17.3. The molecule has 2 aromatic rings. The van der Waals surface area contributed by atoms with Gasteiger partial charge in [0.25, 0.3) is 0 Å². The van der Waals surface area contributed by atoms with Crippen LogP contribution in [0.1, 0.15) is 31.9 Å². The number of hydrogen-bond acceptors (Lipinski definition) is 3. The van der Waals surface area contributed by atoms with Crippen LogP contribution in [0, 0.1) is 0 Å². The van der Waals surface area contributed by atoms with Gasteiger partial charge in [0.2, 0.25) is 0 Å². The van der Waals surface area contributed by atoms with Gasteiger partial charge in [0.15, 0.2) is 0 Å². The van der Waals surface area contributed by atoms with Crippen molar-refractivity contribution in [1.29, 1.82) is 0 Å². The number of nitrogens with zero attached hydrogens (tertiary/aromatic N) is 1. The van der Waals surface area contributed by atoms with Crippen molar-refractivity contribution >= 4 is 0 Å². The summed E-state index contributed by atoms with van der Waals surface area (Å²) < 4.78 is 39.4. The van der Waals surface area contributed by atoms with Crippen LogP contribution in [0.5, 0.6) is 5.75 Å². The van der Waals surface area contributed by atoms with Crippen LogP contribution in [0.4, 0.5) is 13.2 Å². The number of benzene rings is 1. The average Bonchev–Trinajstić information content (AvgIpc) is 2.45. The number of rotatable bonds is 3. The number of alkyl halides is 3. The molecule has 0 unspecified atom stereocenters. The molecule has 1 heterocycles. The maximum absolute atomic E-state index is 13.1. The summed E-state index contributed by atoms with van der Waals surface area (Å²) in [7, 11) is 0. The highest BCUT2D eigenvalue weighted by Gasteiger charge is 2.34. The molecule has 0 aliphatic rings. The molecule has 23 heavy (non-hydrogen) atoms. The highest BCUT2D eigenvalue weighted by atomic mass is 19.4. The molecule has 0 spiro atoms. The molecule has 0 radical (unpaired) electrons. The molecule has 1 aromatic heterocycles. The number of hydrogen-bond donors (Lipinski definition) is 2. The SMILES string of the molecule is CC(C)(C)NCc1ccc(O)c(-c2cnccc2C(F)(F)F)c1. The Morgan fingerprint density at radius 1 is 1.09 bits per heavy atom. The first-order valence-electron chi connectivity index (χ1n) is 7.16. The molecule has 0 fully saturated rings. The highest BCUT2D eigenvalue weighted by Crippen LogP contribution is 2.39. The number of phenols is 1. The van der Waals surface area contributed by atoms with E-state index < -0.39 is 11.7 Å². The minimum atomic E-state index is -4.51. The van der Waals surface area contributed by atoms with Gasteiger partial charge in [-0.15, -0.1) is 0 Å². The zero-order chi connectivity index (χ0) is 17.3. The predicted octanol–water partition coefficient (Wildman–Crippen LogP) is 4.36. The molecule has 3 nitrogen and oxygen atoms in total. The van der Waals surface area contributed by atoms with E-state index in [1.54, 1.807) is 12.1 Å². The molecule has 1 aromatic carbocycles. The summed E-state index contributed by atoms with van der Waals surface area (Å²) in [5.74, 6) is -0.206. The van der Waals surface area contributed by atoms with Crippen molar-refractivity contribution in [3.63, 3.8) is 0 Å². The molecule has 0 atom stereocenters. The monoisotopic (exact) mass is 324 g/mol. The van der Waals surface area contributed by atoms with Gasteiger partial charge >= 0.3 is 6.18 Å². The summed E-state index contributed by atoms with van der Waals surface area (Å²) in [6.07, 6.45) is -2.29. The van der Waals surface area contributed by atoms with E-state index >= 15 is 0 Å². The van der Waals surface area contributed by atoms with Crippen LogP contribution in [0.2, 0.25) is 0 Å². The van der Waals surface area contributed by atoms with Crippen LogP contribution in [0.3, 0.4) is 0 Å². The number of phenolic OH excluding ortho intramolecular Hbond substituents is 1. The Balaban J connectivity index is 2.44. The number of halogens is 3. The third kappa shape index (κ3) is 4.45. The maximum Gasteiger partial charge on any atom is 0.417 e. The van der Waals surface area contributed by atoms with Crippen molar-refractivity contribution < 1.29 is 18.3 Å². The first-order chi connectivity index (χ1) is 10.6. The van der Waals surface area contributed by atoms with Crippen LogP contribution in [-0.4, -0.2) is 15.6 Å². The lowest BCUT2D eigenvalue weighted by Crippen LogP contribution is -2.35. The van der Waals surface area contributed by atoms with E-state index in [4.69, 9.17) is 0 Å². The Morgan fingerprint density at radius 3 is 2.39 bits per heavy atom. The molecule has 124 valence electrons. The highest BCUT2D eigenvalue weighted by molar-refractivity contribution is 5.73. The van der Waals surface area contributed by atoms with Gasteiger partial charge in [-0.25, -0.2) is 0 Å². The second-order valence-corrected chi connectivity index (χ2v) is 6.37. The largest absolute Gasteiger partial charge is 0.507 e. The van der Waals surface area contributed by atoms with Gasteiger partial charge in [0, 0.05) is 35.6 Å². The van der Waals surface area contributed by atoms with E-state index in [0.29, 0.717) is 6.54 Å². The lowest BCUT2D eigenvalue weighted by Gasteiger charge is -2.21. The number of pyridine rings is 1. The minimum absolute atomic E-state index is 0.122. The summed E-state index contributed by atoms with van der Waals surface area (Å²) in [6.45, 7) is 6.48. The summed E-state index contributed by atoms with van der Waals surface area (Å²) in [4.78, 5) is 3.76. The van der Waals surface area contributed by atoms with E-state index in [9.17, 15) is 18.3 Å². The first-order valence-corrected chi connectivity index (χ1v) is 7.16. The Labute approximate surface area is 133 Å². The summed E-state index contributed by atoms with van der Waals surface area (Å²) in [5, 5.41) is 13.3. The van der Waals surface area contributed by atoms with E-state index in [1.165, 1.54) is 6.07 Å². The number of aromatic nitrogens is 1. The molecule has 6 heteroatoms. The van der Waals surface area contributed by atoms with Crippen LogP contribution >= 0.6 is 0 Å². The van der Waals surface area contributed by atoms with Crippen LogP contribution in [0.25, 0.3) is 11.1 Å². The molecule has 0 saturated heterocycles. The quantitative estimate of drug-likeness (QED) is 0.882. The van der Waals surface area contributed by atoms with Crippen molar-refractivity contribution in [3.05, 3.63) is 47.8 Å². The van der Waals surface area contributed by atoms with E-state index in [-0.39, 0.29) is 22.4 Å². The Hall–Kier alpha value is -2.08. The van der Waals surface area contributed by atoms with Gasteiger partial charge in [-0.2, -0.15) is 13.2 Å². The van der Waals surface area contributed by atoms with Gasteiger partial charge < -0.3 is 10.4 Å². The Morgan fingerprint density at radius 2 is 1.78 bits per heavy atom. The fraction of sp³-hybridized carbons (Fsp3) is 0.353. The maximum atomic E-state index is 13.1. The molecular weight excluding hydrogens is 305 g/mol.